The molecule has 2 N–H and O–H groups in total. The van der Waals surface area contributed by atoms with Gasteiger partial charge in [0.1, 0.15) is 0 Å². The Morgan fingerprint density at radius 2 is 2.19 bits per heavy atom. The Bertz CT molecular complexity index is 312. The number of aliphatic hydroxyl groups excluding tert-OH is 1. The van der Waals surface area contributed by atoms with Crippen LogP contribution in [0.15, 0.2) is 24.5 Å². The van der Waals surface area contributed by atoms with Crippen LogP contribution in [0, 0.1) is 0 Å². The van der Waals surface area contributed by atoms with E-state index in [0.29, 0.717) is 13.0 Å². The molecule has 1 aromatic rings. The highest BCUT2D eigenvalue weighted by Gasteiger charge is 2.02. The Morgan fingerprint density at radius 1 is 1.50 bits per heavy atom. The van der Waals surface area contributed by atoms with E-state index in [0.717, 1.165) is 18.4 Å². The summed E-state index contributed by atoms with van der Waals surface area (Å²) in [6, 6.07) is 3.66. The zero-order valence-electron chi connectivity index (χ0n) is 9.52. The van der Waals surface area contributed by atoms with Crippen LogP contribution in [0.5, 0.6) is 0 Å². The molecule has 0 aliphatic heterocycles. The molecule has 0 radical (unpaired) electrons. The normalized spacial score (nSPS) is 12.1. The summed E-state index contributed by atoms with van der Waals surface area (Å²) in [5.41, 5.74) is 0.961. The summed E-state index contributed by atoms with van der Waals surface area (Å²) in [7, 11) is 0. The third-order valence-corrected chi connectivity index (χ3v) is 2.23. The lowest BCUT2D eigenvalue weighted by Crippen LogP contribution is -2.26. The SMILES string of the molecule is CC(O)CCCNC(=O)Cc1ccncc1. The molecule has 1 heterocycles. The van der Waals surface area contributed by atoms with Crippen LogP contribution < -0.4 is 5.32 Å². The van der Waals surface area contributed by atoms with Crippen LogP contribution in [0.4, 0.5) is 0 Å². The van der Waals surface area contributed by atoms with Crippen molar-refractivity contribution in [2.45, 2.75) is 32.3 Å². The number of hydrogen-bond donors (Lipinski definition) is 2. The number of amides is 1. The van der Waals surface area contributed by atoms with Gasteiger partial charge in [0.15, 0.2) is 0 Å². The fourth-order valence-corrected chi connectivity index (χ4v) is 1.37. The first-order chi connectivity index (χ1) is 7.68. The summed E-state index contributed by atoms with van der Waals surface area (Å²) < 4.78 is 0. The second-order valence-electron chi connectivity index (χ2n) is 3.87. The molecule has 1 amide bonds. The predicted octanol–water partition coefficient (Wildman–Crippen LogP) is 0.901. The Hall–Kier alpha value is -1.42. The highest BCUT2D eigenvalue weighted by molar-refractivity contribution is 5.78. The maximum absolute atomic E-state index is 11.5. The molecule has 1 rings (SSSR count). The standard InChI is InChI=1S/C12H18N2O2/c1-10(15)3-2-6-14-12(16)9-11-4-7-13-8-5-11/h4-5,7-8,10,15H,2-3,6,9H2,1H3,(H,14,16). The van der Waals surface area contributed by atoms with Crippen molar-refractivity contribution < 1.29 is 9.90 Å². The molecule has 0 bridgehead atoms. The number of hydrogen-bond acceptors (Lipinski definition) is 3. The van der Waals surface area contributed by atoms with Crippen molar-refractivity contribution in [3.05, 3.63) is 30.1 Å². The molecule has 1 unspecified atom stereocenters. The quantitative estimate of drug-likeness (QED) is 0.703. The molecule has 1 aromatic heterocycles. The lowest BCUT2D eigenvalue weighted by atomic mass is 10.2. The number of nitrogens with zero attached hydrogens (tertiary/aromatic N) is 1. The molecule has 0 aliphatic carbocycles. The van der Waals surface area contributed by atoms with E-state index in [4.69, 9.17) is 5.11 Å². The van der Waals surface area contributed by atoms with Crippen molar-refractivity contribution in [1.82, 2.24) is 10.3 Å². The van der Waals surface area contributed by atoms with Crippen molar-refractivity contribution in [3.8, 4) is 0 Å². The van der Waals surface area contributed by atoms with Crippen molar-refractivity contribution in [3.63, 3.8) is 0 Å². The molecule has 0 saturated heterocycles. The summed E-state index contributed by atoms with van der Waals surface area (Å²) in [5, 5.41) is 11.8. The number of aliphatic hydroxyl groups is 1. The Kier molecular flexibility index (Phi) is 5.50. The number of aromatic nitrogens is 1. The van der Waals surface area contributed by atoms with Crippen LogP contribution in [-0.2, 0) is 11.2 Å². The number of carbonyl (C=O) groups is 1. The van der Waals surface area contributed by atoms with E-state index < -0.39 is 0 Å². The number of pyridine rings is 1. The fourth-order valence-electron chi connectivity index (χ4n) is 1.37. The lowest BCUT2D eigenvalue weighted by molar-refractivity contribution is -0.120. The van der Waals surface area contributed by atoms with Crippen LogP contribution in [0.2, 0.25) is 0 Å². The van der Waals surface area contributed by atoms with Gasteiger partial charge in [-0.2, -0.15) is 0 Å². The topological polar surface area (TPSA) is 62.2 Å². The minimum Gasteiger partial charge on any atom is -0.393 e. The predicted molar refractivity (Wildman–Crippen MR) is 61.9 cm³/mol. The van der Waals surface area contributed by atoms with E-state index in [2.05, 4.69) is 10.3 Å². The second-order valence-corrected chi connectivity index (χ2v) is 3.87. The zero-order valence-corrected chi connectivity index (χ0v) is 9.52. The maximum Gasteiger partial charge on any atom is 0.224 e. The third-order valence-electron chi connectivity index (χ3n) is 2.23. The maximum atomic E-state index is 11.5. The molecule has 1 atom stereocenters. The summed E-state index contributed by atoms with van der Waals surface area (Å²) in [6.45, 7) is 2.37. The van der Waals surface area contributed by atoms with Gasteiger partial charge in [0.25, 0.3) is 0 Å². The Labute approximate surface area is 95.7 Å². The molecule has 0 saturated carbocycles. The van der Waals surface area contributed by atoms with Gasteiger partial charge < -0.3 is 10.4 Å². The van der Waals surface area contributed by atoms with E-state index in [1.165, 1.54) is 0 Å². The van der Waals surface area contributed by atoms with E-state index in [1.807, 2.05) is 12.1 Å². The van der Waals surface area contributed by atoms with Crippen LogP contribution >= 0.6 is 0 Å². The first-order valence-corrected chi connectivity index (χ1v) is 5.52. The minimum atomic E-state index is -0.294. The van der Waals surface area contributed by atoms with Gasteiger partial charge in [0, 0.05) is 18.9 Å². The molecule has 88 valence electrons. The van der Waals surface area contributed by atoms with Gasteiger partial charge in [-0.05, 0) is 37.5 Å². The summed E-state index contributed by atoms with van der Waals surface area (Å²) in [6.07, 6.45) is 4.97. The minimum absolute atomic E-state index is 0.0109. The third kappa shape index (κ3) is 5.46. The monoisotopic (exact) mass is 222 g/mol. The van der Waals surface area contributed by atoms with Crippen LogP contribution in [-0.4, -0.2) is 28.6 Å². The molecule has 4 nitrogen and oxygen atoms in total. The van der Waals surface area contributed by atoms with E-state index >= 15 is 0 Å². The first kappa shape index (κ1) is 12.6. The Balaban J connectivity index is 2.17. The van der Waals surface area contributed by atoms with Gasteiger partial charge in [0.05, 0.1) is 12.5 Å². The van der Waals surface area contributed by atoms with Crippen molar-refractivity contribution >= 4 is 5.91 Å². The van der Waals surface area contributed by atoms with Gasteiger partial charge in [-0.15, -0.1) is 0 Å². The number of rotatable bonds is 6. The average Bonchev–Trinajstić information content (AvgIpc) is 2.25. The van der Waals surface area contributed by atoms with Crippen LogP contribution in [0.25, 0.3) is 0 Å². The van der Waals surface area contributed by atoms with Crippen molar-refractivity contribution in [2.75, 3.05) is 6.54 Å². The largest absolute Gasteiger partial charge is 0.393 e. The molecule has 4 heteroatoms. The molecule has 0 aliphatic rings. The average molecular weight is 222 g/mol. The molecule has 0 spiro atoms. The van der Waals surface area contributed by atoms with Crippen molar-refractivity contribution in [1.29, 1.82) is 0 Å². The molecule has 16 heavy (non-hydrogen) atoms. The van der Waals surface area contributed by atoms with E-state index in [-0.39, 0.29) is 12.0 Å². The summed E-state index contributed by atoms with van der Waals surface area (Å²) in [4.78, 5) is 15.4. The fraction of sp³-hybridized carbons (Fsp3) is 0.500. The van der Waals surface area contributed by atoms with Crippen LogP contribution in [0.3, 0.4) is 0 Å². The molecule has 0 aromatic carbocycles. The zero-order chi connectivity index (χ0) is 11.8. The van der Waals surface area contributed by atoms with Crippen LogP contribution in [0.1, 0.15) is 25.3 Å². The van der Waals surface area contributed by atoms with E-state index in [9.17, 15) is 4.79 Å². The number of carbonyl (C=O) groups excluding carboxylic acids is 1. The first-order valence-electron chi connectivity index (χ1n) is 5.52. The summed E-state index contributed by atoms with van der Waals surface area (Å²) >= 11 is 0. The van der Waals surface area contributed by atoms with E-state index in [1.54, 1.807) is 19.3 Å². The Morgan fingerprint density at radius 3 is 2.81 bits per heavy atom. The smallest absolute Gasteiger partial charge is 0.224 e. The summed E-state index contributed by atoms with van der Waals surface area (Å²) in [5.74, 6) is 0.0109. The second kappa shape index (κ2) is 6.95. The number of nitrogens with one attached hydrogen (secondary N) is 1. The molecule has 0 fully saturated rings. The van der Waals surface area contributed by atoms with Gasteiger partial charge in [-0.3, -0.25) is 9.78 Å². The highest BCUT2D eigenvalue weighted by Crippen LogP contribution is 1.98. The van der Waals surface area contributed by atoms with Gasteiger partial charge in [-0.25, -0.2) is 0 Å². The van der Waals surface area contributed by atoms with Gasteiger partial charge >= 0.3 is 0 Å². The van der Waals surface area contributed by atoms with Gasteiger partial charge in [-0.1, -0.05) is 0 Å². The molecular formula is C12H18N2O2. The van der Waals surface area contributed by atoms with Gasteiger partial charge in [0.2, 0.25) is 5.91 Å². The lowest BCUT2D eigenvalue weighted by Gasteiger charge is -2.06. The molecular weight excluding hydrogens is 204 g/mol. The highest BCUT2D eigenvalue weighted by atomic mass is 16.3. The van der Waals surface area contributed by atoms with Crippen molar-refractivity contribution in [2.24, 2.45) is 0 Å².